The molecular weight excluding hydrogens is 268 g/mol. The van der Waals surface area contributed by atoms with Gasteiger partial charge in [0.25, 0.3) is 5.97 Å². The largest absolute Gasteiger partial charge is 0.520 e. The highest BCUT2D eigenvalue weighted by Gasteiger charge is 2.19. The number of hydrogen-bond acceptors (Lipinski definition) is 6. The zero-order chi connectivity index (χ0) is 14.9. The molecule has 0 aliphatic heterocycles. The third-order valence-electron chi connectivity index (χ3n) is 1.75. The van der Waals surface area contributed by atoms with Gasteiger partial charge in [0, 0.05) is 18.6 Å². The van der Waals surface area contributed by atoms with E-state index in [2.05, 4.69) is 4.74 Å². The van der Waals surface area contributed by atoms with E-state index in [1.165, 1.54) is 7.11 Å². The maximum absolute atomic E-state index is 11.4. The van der Waals surface area contributed by atoms with Gasteiger partial charge in [-0.1, -0.05) is 0 Å². The Labute approximate surface area is 113 Å². The smallest absolute Gasteiger partial charge is 0.331 e. The van der Waals surface area contributed by atoms with Gasteiger partial charge in [-0.15, -0.1) is 0 Å². The first-order valence-electron chi connectivity index (χ1n) is 5.89. The van der Waals surface area contributed by atoms with Gasteiger partial charge >= 0.3 is 11.9 Å². The molecule has 0 radical (unpaired) electrons. The summed E-state index contributed by atoms with van der Waals surface area (Å²) in [5.41, 5.74) is 0. The fraction of sp³-hybridized carbons (Fsp3) is 0.583. The van der Waals surface area contributed by atoms with Gasteiger partial charge in [0.1, 0.15) is 0 Å². The molecule has 0 spiro atoms. The molecule has 0 aromatic heterocycles. The fourth-order valence-corrected chi connectivity index (χ4v) is 1.82. The summed E-state index contributed by atoms with van der Waals surface area (Å²) in [4.78, 5) is 33.2. The number of methoxy groups -OCH3 is 1. The summed E-state index contributed by atoms with van der Waals surface area (Å²) in [7, 11) is -0.641. The Balaban J connectivity index is 3.75. The Hall–Kier alpha value is -1.63. The van der Waals surface area contributed by atoms with Crippen molar-refractivity contribution in [1.82, 2.24) is 0 Å². The molecule has 0 saturated carbocycles. The van der Waals surface area contributed by atoms with Gasteiger partial charge in [0.15, 0.2) is 0 Å². The molecule has 0 bridgehead atoms. The van der Waals surface area contributed by atoms with Crippen LogP contribution in [0.3, 0.4) is 0 Å². The van der Waals surface area contributed by atoms with Gasteiger partial charge in [-0.2, -0.15) is 0 Å². The molecule has 7 heteroatoms. The van der Waals surface area contributed by atoms with E-state index in [9.17, 15) is 14.4 Å². The Bertz CT molecular complexity index is 356. The third kappa shape index (κ3) is 11.2. The summed E-state index contributed by atoms with van der Waals surface area (Å²) in [6.07, 6.45) is 2.55. The van der Waals surface area contributed by atoms with Crippen LogP contribution in [0.4, 0.5) is 0 Å². The van der Waals surface area contributed by atoms with Crippen LogP contribution in [0.5, 0.6) is 0 Å². The van der Waals surface area contributed by atoms with E-state index in [1.807, 2.05) is 19.6 Å². The summed E-state index contributed by atoms with van der Waals surface area (Å²) in [6.45, 7) is 5.86. The predicted molar refractivity (Wildman–Crippen MR) is 70.8 cm³/mol. The summed E-state index contributed by atoms with van der Waals surface area (Å²) in [5.74, 6) is -1.56. The van der Waals surface area contributed by atoms with Crippen molar-refractivity contribution in [3.8, 4) is 0 Å². The normalized spacial score (nSPS) is 11.2. The molecular formula is C12H20O6Si. The lowest BCUT2D eigenvalue weighted by Crippen LogP contribution is -2.29. The summed E-state index contributed by atoms with van der Waals surface area (Å²) in [5, 5.41) is 0. The van der Waals surface area contributed by atoms with E-state index in [4.69, 9.17) is 9.16 Å². The number of carbonyl (C=O) groups excluding carboxylic acids is 3. The SMILES string of the molecule is COC(=O)C=CC(=O)OCCCC(=O)O[Si](C)(C)C. The Kier molecular flexibility index (Phi) is 7.74. The zero-order valence-corrected chi connectivity index (χ0v) is 12.7. The van der Waals surface area contributed by atoms with E-state index < -0.39 is 20.3 Å². The van der Waals surface area contributed by atoms with Crippen molar-refractivity contribution in [3.63, 3.8) is 0 Å². The Morgan fingerprint density at radius 3 is 2.16 bits per heavy atom. The second-order valence-electron chi connectivity index (χ2n) is 4.71. The van der Waals surface area contributed by atoms with Crippen molar-refractivity contribution in [3.05, 3.63) is 12.2 Å². The number of esters is 2. The molecule has 0 fully saturated rings. The van der Waals surface area contributed by atoms with Crippen LogP contribution in [0.2, 0.25) is 19.6 Å². The number of ether oxygens (including phenoxy) is 2. The van der Waals surface area contributed by atoms with Crippen molar-refractivity contribution in [2.24, 2.45) is 0 Å². The molecule has 0 atom stereocenters. The molecule has 0 N–H and O–H groups in total. The molecule has 0 amide bonds. The van der Waals surface area contributed by atoms with Crippen LogP contribution in [0.1, 0.15) is 12.8 Å². The lowest BCUT2D eigenvalue weighted by Gasteiger charge is -2.17. The minimum atomic E-state index is -1.85. The van der Waals surface area contributed by atoms with Gasteiger partial charge in [0.2, 0.25) is 8.32 Å². The molecule has 0 aliphatic rings. The van der Waals surface area contributed by atoms with E-state index >= 15 is 0 Å². The minimum Gasteiger partial charge on any atom is -0.520 e. The van der Waals surface area contributed by atoms with Crippen molar-refractivity contribution in [2.45, 2.75) is 32.5 Å². The van der Waals surface area contributed by atoms with Crippen LogP contribution in [0, 0.1) is 0 Å². The quantitative estimate of drug-likeness (QED) is 0.305. The Morgan fingerprint density at radius 1 is 1.05 bits per heavy atom. The van der Waals surface area contributed by atoms with Crippen LogP contribution in [0.25, 0.3) is 0 Å². The average molecular weight is 288 g/mol. The minimum absolute atomic E-state index is 0.102. The lowest BCUT2D eigenvalue weighted by molar-refractivity contribution is -0.141. The lowest BCUT2D eigenvalue weighted by atomic mass is 10.3. The van der Waals surface area contributed by atoms with Crippen LogP contribution in [-0.2, 0) is 28.3 Å². The van der Waals surface area contributed by atoms with E-state index in [0.717, 1.165) is 12.2 Å². The van der Waals surface area contributed by atoms with Gasteiger partial charge < -0.3 is 13.9 Å². The second-order valence-corrected chi connectivity index (χ2v) is 9.14. The van der Waals surface area contributed by atoms with Crippen molar-refractivity contribution >= 4 is 26.2 Å². The molecule has 0 unspecified atom stereocenters. The highest BCUT2D eigenvalue weighted by Crippen LogP contribution is 2.05. The molecule has 0 aliphatic carbocycles. The van der Waals surface area contributed by atoms with E-state index in [0.29, 0.717) is 6.42 Å². The summed E-state index contributed by atoms with van der Waals surface area (Å²) >= 11 is 0. The highest BCUT2D eigenvalue weighted by molar-refractivity contribution is 6.71. The van der Waals surface area contributed by atoms with Crippen molar-refractivity contribution in [1.29, 1.82) is 0 Å². The molecule has 0 aromatic carbocycles. The predicted octanol–water partition coefficient (Wildman–Crippen LogP) is 1.42. The molecule has 6 nitrogen and oxygen atoms in total. The third-order valence-corrected chi connectivity index (χ3v) is 2.59. The molecule has 108 valence electrons. The molecule has 19 heavy (non-hydrogen) atoms. The van der Waals surface area contributed by atoms with Gasteiger partial charge in [0.05, 0.1) is 13.7 Å². The fourth-order valence-electron chi connectivity index (χ4n) is 1.03. The molecule has 0 aromatic rings. The summed E-state index contributed by atoms with van der Waals surface area (Å²) < 4.78 is 14.3. The number of carbonyl (C=O) groups is 3. The maximum Gasteiger partial charge on any atom is 0.331 e. The first-order valence-corrected chi connectivity index (χ1v) is 9.30. The van der Waals surface area contributed by atoms with Crippen molar-refractivity contribution in [2.75, 3.05) is 13.7 Å². The standard InChI is InChI=1S/C12H20O6Si/c1-16-10(13)7-8-11(14)17-9-5-6-12(15)18-19(2,3)4/h7-8H,5-6,9H2,1-4H3. The first-order chi connectivity index (χ1) is 8.74. The second kappa shape index (κ2) is 8.47. The highest BCUT2D eigenvalue weighted by atomic mass is 28.4. The van der Waals surface area contributed by atoms with Crippen LogP contribution in [-0.4, -0.2) is 39.9 Å². The van der Waals surface area contributed by atoms with Crippen LogP contribution < -0.4 is 0 Å². The number of rotatable bonds is 7. The number of hydrogen-bond donors (Lipinski definition) is 0. The Morgan fingerprint density at radius 2 is 1.63 bits per heavy atom. The summed E-state index contributed by atoms with van der Waals surface area (Å²) in [6, 6.07) is 0. The zero-order valence-electron chi connectivity index (χ0n) is 11.7. The average Bonchev–Trinajstić information content (AvgIpc) is 2.29. The van der Waals surface area contributed by atoms with Gasteiger partial charge in [-0.3, -0.25) is 4.79 Å². The first kappa shape index (κ1) is 17.4. The van der Waals surface area contributed by atoms with Gasteiger partial charge in [-0.05, 0) is 26.1 Å². The van der Waals surface area contributed by atoms with Crippen LogP contribution >= 0.6 is 0 Å². The molecule has 0 saturated heterocycles. The molecule has 0 heterocycles. The van der Waals surface area contributed by atoms with E-state index in [1.54, 1.807) is 0 Å². The topological polar surface area (TPSA) is 78.9 Å². The molecule has 0 rings (SSSR count). The van der Waals surface area contributed by atoms with Gasteiger partial charge in [-0.25, -0.2) is 9.59 Å². The van der Waals surface area contributed by atoms with Crippen LogP contribution in [0.15, 0.2) is 12.2 Å². The maximum atomic E-state index is 11.4. The monoisotopic (exact) mass is 288 g/mol. The van der Waals surface area contributed by atoms with E-state index in [-0.39, 0.29) is 19.0 Å². The van der Waals surface area contributed by atoms with Crippen molar-refractivity contribution < 1.29 is 28.3 Å².